The van der Waals surface area contributed by atoms with E-state index in [0.717, 1.165) is 6.08 Å². The topological polar surface area (TPSA) is 81.7 Å². The average Bonchev–Trinajstić information content (AvgIpc) is 3.01. The quantitative estimate of drug-likeness (QED) is 0.830. The molecule has 0 aliphatic heterocycles. The van der Waals surface area contributed by atoms with E-state index in [0.29, 0.717) is 6.08 Å². The van der Waals surface area contributed by atoms with E-state index in [1.807, 2.05) is 12.1 Å². The fourth-order valence-corrected chi connectivity index (χ4v) is 0.880. The third-order valence-electron chi connectivity index (χ3n) is 1.56. The van der Waals surface area contributed by atoms with Crippen LogP contribution in [0.5, 0.6) is 0 Å². The molecular weight excluding hydrogens is 238 g/mol. The first-order chi connectivity index (χ1) is 8.68. The molecule has 0 aliphatic rings. The van der Waals surface area contributed by atoms with Crippen LogP contribution in [0.3, 0.4) is 0 Å². The van der Waals surface area contributed by atoms with Crippen molar-refractivity contribution < 1.29 is 24.0 Å². The van der Waals surface area contributed by atoms with Crippen LogP contribution in [0.15, 0.2) is 65.8 Å². The van der Waals surface area contributed by atoms with Crippen LogP contribution in [0, 0.1) is 0 Å². The summed E-state index contributed by atoms with van der Waals surface area (Å²) in [7, 11) is 0. The van der Waals surface area contributed by atoms with Gasteiger partial charge in [-0.05, 0) is 24.3 Å². The number of carbonyl (C=O) groups excluding carboxylic acids is 1. The molecule has 0 atom stereocenters. The Kier molecular flexibility index (Phi) is 5.55. The molecule has 0 saturated carbocycles. The molecule has 2 aromatic heterocycles. The zero-order valence-electron chi connectivity index (χ0n) is 9.30. The number of carboxylic acids is 1. The summed E-state index contributed by atoms with van der Waals surface area (Å²) >= 11 is 0. The van der Waals surface area contributed by atoms with Gasteiger partial charge in [-0.15, -0.1) is 0 Å². The van der Waals surface area contributed by atoms with Crippen molar-refractivity contribution in [3.63, 3.8) is 0 Å². The van der Waals surface area contributed by atoms with Gasteiger partial charge in [-0.1, -0.05) is 0 Å². The van der Waals surface area contributed by atoms with E-state index in [1.165, 1.54) is 17.1 Å². The fraction of sp³-hybridized carbons (Fsp3) is 0. The van der Waals surface area contributed by atoms with E-state index in [-0.39, 0.29) is 0 Å². The first-order valence-corrected chi connectivity index (χ1v) is 4.92. The average molecular weight is 249 g/mol. The maximum atomic E-state index is 10.8. The molecule has 0 aliphatic carbocycles. The normalized spacial score (nSPS) is 9.56. The van der Waals surface area contributed by atoms with Crippen LogP contribution < -0.4 is 4.84 Å². The van der Waals surface area contributed by atoms with Gasteiger partial charge in [0.1, 0.15) is 0 Å². The minimum Gasteiger partial charge on any atom is -0.478 e. The van der Waals surface area contributed by atoms with Crippen molar-refractivity contribution in [3.8, 4) is 0 Å². The molecule has 2 aromatic rings. The Morgan fingerprint density at radius 2 is 1.67 bits per heavy atom. The van der Waals surface area contributed by atoms with Crippen LogP contribution in [-0.4, -0.2) is 21.8 Å². The molecule has 0 unspecified atom stereocenters. The summed E-state index contributed by atoms with van der Waals surface area (Å²) in [6.45, 7) is 0. The van der Waals surface area contributed by atoms with Gasteiger partial charge < -0.3 is 14.4 Å². The Morgan fingerprint density at radius 1 is 1.06 bits per heavy atom. The van der Waals surface area contributed by atoms with Crippen molar-refractivity contribution in [1.29, 1.82) is 0 Å². The number of hydrogen-bond acceptors (Lipinski definition) is 4. The van der Waals surface area contributed by atoms with Gasteiger partial charge in [-0.2, -0.15) is 4.73 Å². The zero-order chi connectivity index (χ0) is 13.2. The number of aliphatic carboxylic acids is 1. The molecule has 18 heavy (non-hydrogen) atoms. The van der Waals surface area contributed by atoms with Gasteiger partial charge in [-0.25, -0.2) is 9.59 Å². The molecule has 0 fully saturated rings. The smallest absolute Gasteiger partial charge is 0.356 e. The van der Waals surface area contributed by atoms with E-state index in [1.54, 1.807) is 24.7 Å². The molecule has 2 heterocycles. The minimum atomic E-state index is -1.19. The molecule has 0 aromatic carbocycles. The predicted molar refractivity (Wildman–Crippen MR) is 61.5 cm³/mol. The second-order valence-corrected chi connectivity index (χ2v) is 2.92. The molecule has 6 nitrogen and oxygen atoms in total. The Bertz CT molecular complexity index is 467. The number of carbonyl (C=O) groups is 2. The van der Waals surface area contributed by atoms with Gasteiger partial charge in [0.2, 0.25) is 0 Å². The molecule has 94 valence electrons. The molecule has 0 amide bonds. The zero-order valence-corrected chi connectivity index (χ0v) is 9.30. The second kappa shape index (κ2) is 7.50. The standard InChI is InChI=1S/C8H7NO4.C4H4O/c10-7(11)3-4-8(12)13-9-5-1-2-6-9;1-2-4-5-3-1/h1-6H,(H,10,11);1-4H/b4-3-;. The van der Waals surface area contributed by atoms with Gasteiger partial charge in [-0.3, -0.25) is 0 Å². The molecule has 0 spiro atoms. The fourth-order valence-electron chi connectivity index (χ4n) is 0.880. The molecule has 0 bridgehead atoms. The molecule has 0 radical (unpaired) electrons. The highest BCUT2D eigenvalue weighted by Crippen LogP contribution is 1.86. The Balaban J connectivity index is 0.000000269. The SMILES string of the molecule is O=C(O)/C=C\C(=O)On1cccc1.c1ccoc1. The minimum absolute atomic E-state index is 0.714. The van der Waals surface area contributed by atoms with Crippen LogP contribution in [0.2, 0.25) is 0 Å². The Labute approximate surface area is 103 Å². The lowest BCUT2D eigenvalue weighted by molar-refractivity contribution is -0.139. The molecule has 6 heteroatoms. The summed E-state index contributed by atoms with van der Waals surface area (Å²) in [5.74, 6) is -1.93. The highest BCUT2D eigenvalue weighted by atomic mass is 16.7. The van der Waals surface area contributed by atoms with Crippen LogP contribution in [0.25, 0.3) is 0 Å². The first kappa shape index (κ1) is 13.3. The summed E-state index contributed by atoms with van der Waals surface area (Å²) in [5.41, 5.74) is 0. The van der Waals surface area contributed by atoms with Crippen molar-refractivity contribution in [2.75, 3.05) is 0 Å². The second-order valence-electron chi connectivity index (χ2n) is 2.92. The number of hydrogen-bond donors (Lipinski definition) is 1. The van der Waals surface area contributed by atoms with Crippen LogP contribution >= 0.6 is 0 Å². The third-order valence-corrected chi connectivity index (χ3v) is 1.56. The van der Waals surface area contributed by atoms with Gasteiger partial charge in [0.05, 0.1) is 12.5 Å². The van der Waals surface area contributed by atoms with Gasteiger partial charge in [0, 0.05) is 24.5 Å². The highest BCUT2D eigenvalue weighted by Gasteiger charge is 1.98. The van der Waals surface area contributed by atoms with Gasteiger partial charge in [0.25, 0.3) is 0 Å². The van der Waals surface area contributed by atoms with Crippen molar-refractivity contribution in [1.82, 2.24) is 4.73 Å². The van der Waals surface area contributed by atoms with Crippen LogP contribution in [0.4, 0.5) is 0 Å². The Hall–Kier alpha value is -2.76. The van der Waals surface area contributed by atoms with Gasteiger partial charge in [0.15, 0.2) is 0 Å². The first-order valence-electron chi connectivity index (χ1n) is 4.92. The van der Waals surface area contributed by atoms with Crippen molar-refractivity contribution in [3.05, 3.63) is 61.3 Å². The van der Waals surface area contributed by atoms with E-state index in [4.69, 9.17) is 5.11 Å². The molecule has 2 rings (SSSR count). The number of furan rings is 1. The summed E-state index contributed by atoms with van der Waals surface area (Å²) in [6.07, 6.45) is 7.84. The number of nitrogens with zero attached hydrogens (tertiary/aromatic N) is 1. The van der Waals surface area contributed by atoms with E-state index < -0.39 is 11.9 Å². The maximum absolute atomic E-state index is 10.8. The summed E-state index contributed by atoms with van der Waals surface area (Å²) < 4.78 is 5.76. The number of aromatic nitrogens is 1. The summed E-state index contributed by atoms with van der Waals surface area (Å²) in [4.78, 5) is 25.5. The lowest BCUT2D eigenvalue weighted by Crippen LogP contribution is -2.15. The largest absolute Gasteiger partial charge is 0.478 e. The number of rotatable bonds is 3. The van der Waals surface area contributed by atoms with Crippen molar-refractivity contribution in [2.24, 2.45) is 0 Å². The predicted octanol–water partition coefficient (Wildman–Crippen LogP) is 1.36. The molecular formula is C12H11NO5. The maximum Gasteiger partial charge on any atom is 0.356 e. The molecule has 0 saturated heterocycles. The van der Waals surface area contributed by atoms with Gasteiger partial charge >= 0.3 is 11.9 Å². The monoisotopic (exact) mass is 249 g/mol. The third kappa shape index (κ3) is 5.96. The summed E-state index contributed by atoms with van der Waals surface area (Å²) in [6, 6.07) is 7.02. The van der Waals surface area contributed by atoms with Crippen molar-refractivity contribution >= 4 is 11.9 Å². The molecule has 1 N–H and O–H groups in total. The van der Waals surface area contributed by atoms with E-state index in [9.17, 15) is 9.59 Å². The lowest BCUT2D eigenvalue weighted by Gasteiger charge is -1.98. The lowest BCUT2D eigenvalue weighted by atomic mass is 10.5. The summed E-state index contributed by atoms with van der Waals surface area (Å²) in [5, 5.41) is 8.19. The van der Waals surface area contributed by atoms with E-state index >= 15 is 0 Å². The number of carboxylic acid groups (broad SMARTS) is 1. The van der Waals surface area contributed by atoms with E-state index in [2.05, 4.69) is 9.25 Å². The Morgan fingerprint density at radius 3 is 2.11 bits per heavy atom. The van der Waals surface area contributed by atoms with Crippen LogP contribution in [0.1, 0.15) is 0 Å². The van der Waals surface area contributed by atoms with Crippen LogP contribution in [-0.2, 0) is 9.59 Å². The highest BCUT2D eigenvalue weighted by molar-refractivity contribution is 5.90. The van der Waals surface area contributed by atoms with Crippen molar-refractivity contribution in [2.45, 2.75) is 0 Å².